The second-order valence-corrected chi connectivity index (χ2v) is 5.65. The summed E-state index contributed by atoms with van der Waals surface area (Å²) in [6.07, 6.45) is 0. The van der Waals surface area contributed by atoms with Crippen molar-refractivity contribution >= 4 is 29.1 Å². The minimum atomic E-state index is -4.08. The molecule has 78 valence electrons. The molecule has 0 aliphatic heterocycles. The Balaban J connectivity index is 4.50. The maximum absolute atomic E-state index is 11.3. The van der Waals surface area contributed by atoms with Gasteiger partial charge in [-0.3, -0.25) is 9.36 Å². The first-order valence-electron chi connectivity index (χ1n) is 3.98. The second kappa shape index (κ2) is 5.25. The molecule has 0 saturated carbocycles. The molecule has 6 heteroatoms. The van der Waals surface area contributed by atoms with E-state index in [4.69, 9.17) is 4.89 Å². The average Bonchev–Trinajstić information content (AvgIpc) is 2.01. The molecule has 0 aliphatic carbocycles. The Morgan fingerprint density at radius 2 is 2.08 bits per heavy atom. The van der Waals surface area contributed by atoms with Crippen LogP contribution in [0.2, 0.25) is 0 Å². The van der Waals surface area contributed by atoms with Crippen LogP contribution in [0.5, 0.6) is 0 Å². The maximum Gasteiger partial charge on any atom is 0.395 e. The van der Waals surface area contributed by atoms with Crippen molar-refractivity contribution in [1.29, 1.82) is 0 Å². The van der Waals surface area contributed by atoms with Gasteiger partial charge in [-0.1, -0.05) is 29.8 Å². The van der Waals surface area contributed by atoms with E-state index in [0.717, 1.165) is 0 Å². The molecule has 2 unspecified atom stereocenters. The van der Waals surface area contributed by atoms with Crippen LogP contribution in [0.1, 0.15) is 20.8 Å². The fraction of sp³-hybridized carbons (Fsp3) is 0.857. The molecule has 13 heavy (non-hydrogen) atoms. The van der Waals surface area contributed by atoms with Gasteiger partial charge in [-0.15, -0.1) is 0 Å². The molecule has 0 rings (SSSR count). The molecule has 0 heterocycles. The topological polar surface area (TPSA) is 63.6 Å². The highest BCUT2D eigenvalue weighted by molar-refractivity contribution is 9.10. The highest BCUT2D eigenvalue weighted by Gasteiger charge is 2.36. The van der Waals surface area contributed by atoms with Gasteiger partial charge in [0.15, 0.2) is 0 Å². The van der Waals surface area contributed by atoms with Crippen LogP contribution in [0.3, 0.4) is 0 Å². The summed E-state index contributed by atoms with van der Waals surface area (Å²) in [6, 6.07) is 0. The van der Waals surface area contributed by atoms with E-state index in [0.29, 0.717) is 0 Å². The molecule has 2 atom stereocenters. The number of carbonyl (C=O) groups is 1. The zero-order valence-electron chi connectivity index (χ0n) is 7.86. The smallest absolute Gasteiger partial charge is 0.319 e. The summed E-state index contributed by atoms with van der Waals surface area (Å²) >= 11 is 3.05. The van der Waals surface area contributed by atoms with Crippen molar-refractivity contribution in [2.24, 2.45) is 5.92 Å². The normalized spacial score (nSPS) is 18.3. The van der Waals surface area contributed by atoms with Crippen molar-refractivity contribution < 1.29 is 18.8 Å². The lowest BCUT2D eigenvalue weighted by Crippen LogP contribution is -2.20. The second-order valence-electron chi connectivity index (χ2n) is 2.92. The predicted molar refractivity (Wildman–Crippen MR) is 54.0 cm³/mol. The van der Waals surface area contributed by atoms with Crippen molar-refractivity contribution in [2.45, 2.75) is 25.6 Å². The van der Waals surface area contributed by atoms with Crippen molar-refractivity contribution in [2.75, 3.05) is 6.61 Å². The van der Waals surface area contributed by atoms with Crippen LogP contribution < -0.4 is 0 Å². The highest BCUT2D eigenvalue weighted by atomic mass is 79.9. The fourth-order valence-electron chi connectivity index (χ4n) is 0.680. The van der Waals surface area contributed by atoms with Crippen LogP contribution in [-0.2, 0) is 13.9 Å². The van der Waals surface area contributed by atoms with E-state index in [1.54, 1.807) is 20.8 Å². The molecule has 0 aromatic heterocycles. The number of hydrogen-bond donors (Lipinski definition) is 1. The molecule has 1 N–H and O–H groups in total. The lowest BCUT2D eigenvalue weighted by molar-refractivity contribution is -0.113. The van der Waals surface area contributed by atoms with E-state index >= 15 is 0 Å². The molecule has 0 fully saturated rings. The van der Waals surface area contributed by atoms with Crippen molar-refractivity contribution in [1.82, 2.24) is 0 Å². The summed E-state index contributed by atoms with van der Waals surface area (Å²) in [5.41, 5.74) is -0.774. The van der Waals surface area contributed by atoms with Crippen LogP contribution in [-0.4, -0.2) is 21.9 Å². The van der Waals surface area contributed by atoms with Gasteiger partial charge in [-0.05, 0) is 12.8 Å². The third kappa shape index (κ3) is 3.90. The summed E-state index contributed by atoms with van der Waals surface area (Å²) in [5, 5.41) is 0. The van der Waals surface area contributed by atoms with Crippen LogP contribution in [0, 0.1) is 5.92 Å². The lowest BCUT2D eigenvalue weighted by atomic mass is 10.1. The summed E-state index contributed by atoms with van der Waals surface area (Å²) in [6.45, 7) is 5.18. The van der Waals surface area contributed by atoms with Crippen LogP contribution in [0.15, 0.2) is 0 Å². The summed E-state index contributed by atoms with van der Waals surface area (Å²) < 4.78 is 15.7. The molecule has 0 radical (unpaired) electrons. The Morgan fingerprint density at radius 1 is 1.62 bits per heavy atom. The number of halogens is 1. The predicted octanol–water partition coefficient (Wildman–Crippen LogP) is 2.15. The van der Waals surface area contributed by atoms with Gasteiger partial charge < -0.3 is 9.42 Å². The van der Waals surface area contributed by atoms with Gasteiger partial charge in [0.25, 0.3) is 5.52 Å². The summed E-state index contributed by atoms with van der Waals surface area (Å²) in [4.78, 5) is 19.8. The largest absolute Gasteiger partial charge is 0.395 e. The monoisotopic (exact) mass is 272 g/mol. The first kappa shape index (κ1) is 13.3. The zero-order chi connectivity index (χ0) is 10.6. The van der Waals surface area contributed by atoms with Gasteiger partial charge in [0, 0.05) is 0 Å². The highest BCUT2D eigenvalue weighted by Crippen LogP contribution is 2.46. The molecular weight excluding hydrogens is 259 g/mol. The van der Waals surface area contributed by atoms with E-state index in [2.05, 4.69) is 20.5 Å². The Kier molecular flexibility index (Phi) is 5.37. The van der Waals surface area contributed by atoms with Gasteiger partial charge in [0.2, 0.25) is 0 Å². The molecular formula is C7H14BrO4P. The van der Waals surface area contributed by atoms with Crippen LogP contribution in [0.4, 0.5) is 0 Å². The molecule has 0 aromatic rings. The maximum atomic E-state index is 11.3. The van der Waals surface area contributed by atoms with Crippen molar-refractivity contribution in [3.8, 4) is 0 Å². The number of rotatable bonds is 5. The molecule has 0 bridgehead atoms. The average molecular weight is 273 g/mol. The molecule has 0 amide bonds. The van der Waals surface area contributed by atoms with Gasteiger partial charge >= 0.3 is 7.60 Å². The minimum Gasteiger partial charge on any atom is -0.319 e. The number of hydrogen-bond acceptors (Lipinski definition) is 3. The first-order valence-corrected chi connectivity index (χ1v) is 6.48. The minimum absolute atomic E-state index is 0.0339. The van der Waals surface area contributed by atoms with Gasteiger partial charge in [0.05, 0.1) is 11.4 Å². The lowest BCUT2D eigenvalue weighted by Gasteiger charge is -2.15. The quantitative estimate of drug-likeness (QED) is 0.615. The molecule has 0 spiro atoms. The Hall–Kier alpha value is 0.300. The third-order valence-electron chi connectivity index (χ3n) is 1.40. The number of carbonyl (C=O) groups excluding carboxylic acids is 1. The van der Waals surface area contributed by atoms with E-state index < -0.39 is 17.9 Å². The molecule has 0 saturated heterocycles. The third-order valence-corrected chi connectivity index (χ3v) is 4.67. The van der Waals surface area contributed by atoms with Gasteiger partial charge in [0.1, 0.15) is 0 Å². The van der Waals surface area contributed by atoms with Crippen LogP contribution >= 0.6 is 23.5 Å². The summed E-state index contributed by atoms with van der Waals surface area (Å²) in [7, 11) is -4.08. The summed E-state index contributed by atoms with van der Waals surface area (Å²) in [5.74, 6) is -0.0339. The Labute approximate surface area is 86.3 Å². The van der Waals surface area contributed by atoms with E-state index in [1.807, 2.05) is 0 Å². The van der Waals surface area contributed by atoms with E-state index in [1.165, 1.54) is 0 Å². The van der Waals surface area contributed by atoms with Gasteiger partial charge in [-0.25, -0.2) is 0 Å². The Morgan fingerprint density at radius 3 is 2.38 bits per heavy atom. The number of alkyl halides is 1. The standard InChI is InChI=1S/C7H14BrO4P/c1-4-12-13(10,11)7(9)6(8)5(2)3/h5-6H,4H2,1-3H3,(H,10,11). The Bertz CT molecular complexity index is 229. The first-order chi connectivity index (χ1) is 5.83. The fourth-order valence-corrected chi connectivity index (χ4v) is 2.54. The molecule has 0 aromatic carbocycles. The van der Waals surface area contributed by atoms with Crippen molar-refractivity contribution in [3.63, 3.8) is 0 Å². The molecule has 4 nitrogen and oxygen atoms in total. The van der Waals surface area contributed by atoms with Gasteiger partial charge in [-0.2, -0.15) is 0 Å². The van der Waals surface area contributed by atoms with E-state index in [9.17, 15) is 9.36 Å². The molecule has 0 aliphatic rings. The van der Waals surface area contributed by atoms with E-state index in [-0.39, 0.29) is 12.5 Å². The zero-order valence-corrected chi connectivity index (χ0v) is 10.3. The van der Waals surface area contributed by atoms with Crippen LogP contribution in [0.25, 0.3) is 0 Å². The SMILES string of the molecule is CCOP(=O)(O)C(=O)C(Br)C(C)C. The van der Waals surface area contributed by atoms with Crippen molar-refractivity contribution in [3.05, 3.63) is 0 Å².